The molecule has 0 N–H and O–H groups in total. The number of benzene rings is 1. The van der Waals surface area contributed by atoms with E-state index >= 15 is 0 Å². The average Bonchev–Trinajstić information content (AvgIpc) is 2.27. The fourth-order valence-electron chi connectivity index (χ4n) is 2.76. The number of hydrogen-bond acceptors (Lipinski definition) is 2. The fraction of sp³-hybridized carbons (Fsp3) is 0.533. The van der Waals surface area contributed by atoms with Gasteiger partial charge in [0.2, 0.25) is 0 Å². The Morgan fingerprint density at radius 2 is 1.80 bits per heavy atom. The van der Waals surface area contributed by atoms with E-state index in [9.17, 15) is 4.79 Å². The molecule has 0 spiro atoms. The van der Waals surface area contributed by atoms with Gasteiger partial charge >= 0.3 is 0 Å². The second-order valence-corrected chi connectivity index (χ2v) is 7.70. The van der Waals surface area contributed by atoms with Gasteiger partial charge in [0, 0.05) is 22.6 Å². The Bertz CT molecular complexity index is 527. The molecule has 1 saturated heterocycles. The summed E-state index contributed by atoms with van der Waals surface area (Å²) in [7, 11) is 0. The largest absolute Gasteiger partial charge is 0.366 e. The molecule has 1 aliphatic rings. The minimum Gasteiger partial charge on any atom is -0.366 e. The summed E-state index contributed by atoms with van der Waals surface area (Å²) in [5.41, 5.74) is -0.128. The zero-order valence-electron chi connectivity index (χ0n) is 12.2. The van der Waals surface area contributed by atoms with Gasteiger partial charge in [-0.15, -0.1) is 0 Å². The van der Waals surface area contributed by atoms with Gasteiger partial charge in [-0.25, -0.2) is 0 Å². The molecule has 0 radical (unpaired) electrons. The van der Waals surface area contributed by atoms with E-state index in [0.717, 1.165) is 4.47 Å². The Morgan fingerprint density at radius 1 is 1.25 bits per heavy atom. The summed E-state index contributed by atoms with van der Waals surface area (Å²) in [6, 6.07) is 5.26. The molecule has 0 atom stereocenters. The fourth-order valence-corrected chi connectivity index (χ4v) is 3.35. The van der Waals surface area contributed by atoms with E-state index in [0.29, 0.717) is 23.7 Å². The molecule has 20 heavy (non-hydrogen) atoms. The minimum atomic E-state index is -0.359. The SMILES string of the molecule is CC1(C)CN(C(=O)c2cc(Cl)ccc2Br)CC(C)(C)O1. The van der Waals surface area contributed by atoms with Crippen LogP contribution in [0.4, 0.5) is 0 Å². The van der Waals surface area contributed by atoms with Crippen molar-refractivity contribution in [1.82, 2.24) is 4.90 Å². The third-order valence-electron chi connectivity index (χ3n) is 3.14. The van der Waals surface area contributed by atoms with Crippen LogP contribution in [-0.2, 0) is 4.74 Å². The zero-order chi connectivity index (χ0) is 15.1. The summed E-state index contributed by atoms with van der Waals surface area (Å²) in [6.45, 7) is 9.13. The molecule has 0 saturated carbocycles. The Morgan fingerprint density at radius 3 is 2.35 bits per heavy atom. The molecular formula is C15H19BrClNO2. The number of halogens is 2. The number of amides is 1. The van der Waals surface area contributed by atoms with Crippen molar-refractivity contribution in [3.05, 3.63) is 33.3 Å². The normalized spacial score (nSPS) is 20.8. The Kier molecular flexibility index (Phi) is 4.20. The monoisotopic (exact) mass is 359 g/mol. The van der Waals surface area contributed by atoms with Crippen molar-refractivity contribution in [2.45, 2.75) is 38.9 Å². The molecule has 1 fully saturated rings. The zero-order valence-corrected chi connectivity index (χ0v) is 14.5. The van der Waals surface area contributed by atoms with Crippen molar-refractivity contribution in [3.8, 4) is 0 Å². The van der Waals surface area contributed by atoms with Crippen molar-refractivity contribution in [1.29, 1.82) is 0 Å². The van der Waals surface area contributed by atoms with Crippen LogP contribution in [0.5, 0.6) is 0 Å². The van der Waals surface area contributed by atoms with E-state index in [4.69, 9.17) is 16.3 Å². The average molecular weight is 361 g/mol. The Labute approximate surface area is 133 Å². The molecule has 5 heteroatoms. The molecule has 1 aromatic rings. The van der Waals surface area contributed by atoms with Crippen molar-refractivity contribution >= 4 is 33.4 Å². The van der Waals surface area contributed by atoms with Crippen molar-refractivity contribution in [2.24, 2.45) is 0 Å². The van der Waals surface area contributed by atoms with Crippen LogP contribution in [0.25, 0.3) is 0 Å². The predicted molar refractivity (Wildman–Crippen MR) is 84.3 cm³/mol. The Hall–Kier alpha value is -0.580. The minimum absolute atomic E-state index is 0.0242. The number of carbonyl (C=O) groups is 1. The summed E-state index contributed by atoms with van der Waals surface area (Å²) >= 11 is 9.41. The summed E-state index contributed by atoms with van der Waals surface area (Å²) in [5.74, 6) is -0.0242. The topological polar surface area (TPSA) is 29.5 Å². The third kappa shape index (κ3) is 3.54. The summed E-state index contributed by atoms with van der Waals surface area (Å²) < 4.78 is 6.76. The number of nitrogens with zero attached hydrogens (tertiary/aromatic N) is 1. The smallest absolute Gasteiger partial charge is 0.255 e. The quantitative estimate of drug-likeness (QED) is 0.753. The van der Waals surface area contributed by atoms with Crippen LogP contribution in [0.1, 0.15) is 38.1 Å². The van der Waals surface area contributed by atoms with Crippen LogP contribution in [0.3, 0.4) is 0 Å². The number of ether oxygens (including phenoxy) is 1. The van der Waals surface area contributed by atoms with Crippen LogP contribution < -0.4 is 0 Å². The number of morpholine rings is 1. The molecule has 0 unspecified atom stereocenters. The summed E-state index contributed by atoms with van der Waals surface area (Å²) in [5, 5.41) is 0.559. The molecule has 1 aliphatic heterocycles. The maximum absolute atomic E-state index is 12.7. The summed E-state index contributed by atoms with van der Waals surface area (Å²) in [4.78, 5) is 14.6. The van der Waals surface area contributed by atoms with Gasteiger partial charge in [0.25, 0.3) is 5.91 Å². The van der Waals surface area contributed by atoms with E-state index in [1.807, 2.05) is 32.6 Å². The molecule has 1 heterocycles. The second kappa shape index (κ2) is 5.32. The second-order valence-electron chi connectivity index (χ2n) is 6.41. The highest BCUT2D eigenvalue weighted by Crippen LogP contribution is 2.30. The van der Waals surface area contributed by atoms with Crippen LogP contribution >= 0.6 is 27.5 Å². The lowest BCUT2D eigenvalue weighted by molar-refractivity contribution is -0.171. The maximum Gasteiger partial charge on any atom is 0.255 e. The van der Waals surface area contributed by atoms with E-state index in [1.54, 1.807) is 18.2 Å². The van der Waals surface area contributed by atoms with Gasteiger partial charge in [-0.2, -0.15) is 0 Å². The first-order valence-corrected chi connectivity index (χ1v) is 7.71. The van der Waals surface area contributed by atoms with E-state index in [2.05, 4.69) is 15.9 Å². The van der Waals surface area contributed by atoms with Gasteiger partial charge in [-0.1, -0.05) is 11.6 Å². The third-order valence-corrected chi connectivity index (χ3v) is 4.07. The highest BCUT2D eigenvalue weighted by atomic mass is 79.9. The van der Waals surface area contributed by atoms with Crippen LogP contribution in [0, 0.1) is 0 Å². The molecule has 1 aromatic carbocycles. The Balaban J connectivity index is 2.31. The van der Waals surface area contributed by atoms with E-state index in [-0.39, 0.29) is 17.1 Å². The van der Waals surface area contributed by atoms with Crippen molar-refractivity contribution < 1.29 is 9.53 Å². The molecule has 3 nitrogen and oxygen atoms in total. The van der Waals surface area contributed by atoms with E-state index in [1.165, 1.54) is 0 Å². The molecule has 0 aromatic heterocycles. The van der Waals surface area contributed by atoms with Crippen LogP contribution in [0.2, 0.25) is 5.02 Å². The first-order chi connectivity index (χ1) is 9.10. The standard InChI is InChI=1S/C15H19BrClNO2/c1-14(2)8-18(9-15(3,4)20-14)13(19)11-7-10(17)5-6-12(11)16/h5-7H,8-9H2,1-4H3. The van der Waals surface area contributed by atoms with Crippen molar-refractivity contribution in [2.75, 3.05) is 13.1 Å². The highest BCUT2D eigenvalue weighted by molar-refractivity contribution is 9.10. The maximum atomic E-state index is 12.7. The molecule has 2 rings (SSSR count). The molecule has 110 valence electrons. The van der Waals surface area contributed by atoms with Gasteiger partial charge in [0.05, 0.1) is 16.8 Å². The first kappa shape index (κ1) is 15.8. The highest BCUT2D eigenvalue weighted by Gasteiger charge is 2.40. The number of rotatable bonds is 1. The van der Waals surface area contributed by atoms with Gasteiger partial charge in [0.15, 0.2) is 0 Å². The van der Waals surface area contributed by atoms with Gasteiger partial charge in [-0.05, 0) is 61.8 Å². The van der Waals surface area contributed by atoms with Gasteiger partial charge in [0.1, 0.15) is 0 Å². The van der Waals surface area contributed by atoms with Crippen LogP contribution in [-0.4, -0.2) is 35.1 Å². The summed E-state index contributed by atoms with van der Waals surface area (Å²) in [6.07, 6.45) is 0. The van der Waals surface area contributed by atoms with E-state index < -0.39 is 0 Å². The predicted octanol–water partition coefficient (Wildman–Crippen LogP) is 4.13. The molecule has 0 aliphatic carbocycles. The first-order valence-electron chi connectivity index (χ1n) is 6.54. The number of carbonyl (C=O) groups excluding carboxylic acids is 1. The van der Waals surface area contributed by atoms with Crippen molar-refractivity contribution in [3.63, 3.8) is 0 Å². The van der Waals surface area contributed by atoms with Crippen LogP contribution in [0.15, 0.2) is 22.7 Å². The molecule has 0 bridgehead atoms. The lowest BCUT2D eigenvalue weighted by Gasteiger charge is -2.47. The molecule has 1 amide bonds. The lowest BCUT2D eigenvalue weighted by atomic mass is 9.98. The van der Waals surface area contributed by atoms with Gasteiger partial charge < -0.3 is 9.64 Å². The van der Waals surface area contributed by atoms with Gasteiger partial charge in [-0.3, -0.25) is 4.79 Å². The molecular weight excluding hydrogens is 342 g/mol. The number of hydrogen-bond donors (Lipinski definition) is 0. The lowest BCUT2D eigenvalue weighted by Crippen LogP contribution is -2.58.